The highest BCUT2D eigenvalue weighted by molar-refractivity contribution is 5.95. The molecule has 0 saturated heterocycles. The van der Waals surface area contributed by atoms with E-state index in [0.29, 0.717) is 12.5 Å². The smallest absolute Gasteiger partial charge is 0.243 e. The lowest BCUT2D eigenvalue weighted by molar-refractivity contribution is 0.923. The van der Waals surface area contributed by atoms with Gasteiger partial charge in [0, 0.05) is 11.8 Å². The first kappa shape index (κ1) is 13.4. The molecule has 0 atom stereocenters. The van der Waals surface area contributed by atoms with E-state index >= 15 is 0 Å². The molecule has 2 aromatic carbocycles. The molecule has 0 amide bonds. The molecule has 0 fully saturated rings. The average molecular weight is 302 g/mol. The molecule has 6 heteroatoms. The quantitative estimate of drug-likeness (QED) is 0.606. The molecule has 23 heavy (non-hydrogen) atoms. The van der Waals surface area contributed by atoms with Crippen molar-refractivity contribution in [3.8, 4) is 11.3 Å². The molecule has 0 aliphatic carbocycles. The fourth-order valence-electron chi connectivity index (χ4n) is 2.52. The number of rotatable bonds is 4. The number of benzene rings is 2. The Morgan fingerprint density at radius 2 is 1.91 bits per heavy atom. The number of hydrogen-bond donors (Lipinski definition) is 2. The maximum absolute atomic E-state index is 4.57. The Bertz CT molecular complexity index is 927. The van der Waals surface area contributed by atoms with Gasteiger partial charge in [0.2, 0.25) is 5.95 Å². The van der Waals surface area contributed by atoms with Crippen molar-refractivity contribution in [3.63, 3.8) is 0 Å². The summed E-state index contributed by atoms with van der Waals surface area (Å²) in [6.45, 7) is 0.546. The van der Waals surface area contributed by atoms with Gasteiger partial charge < -0.3 is 5.32 Å². The van der Waals surface area contributed by atoms with Crippen molar-refractivity contribution in [1.29, 1.82) is 0 Å². The Kier molecular flexibility index (Phi) is 3.40. The zero-order chi connectivity index (χ0) is 15.5. The molecule has 4 rings (SSSR count). The van der Waals surface area contributed by atoms with Crippen LogP contribution in [0.25, 0.3) is 22.0 Å². The largest absolute Gasteiger partial charge is 0.347 e. The number of H-pyrrole nitrogens is 1. The lowest BCUT2D eigenvalue weighted by atomic mass is 10.0. The van der Waals surface area contributed by atoms with Crippen LogP contribution in [0, 0.1) is 0 Å². The van der Waals surface area contributed by atoms with Crippen LogP contribution >= 0.6 is 0 Å². The second-order valence-corrected chi connectivity index (χ2v) is 5.11. The van der Waals surface area contributed by atoms with E-state index < -0.39 is 0 Å². The first-order valence-corrected chi connectivity index (χ1v) is 7.30. The van der Waals surface area contributed by atoms with E-state index in [0.717, 1.165) is 22.3 Å². The Morgan fingerprint density at radius 3 is 2.83 bits per heavy atom. The van der Waals surface area contributed by atoms with Crippen molar-refractivity contribution in [2.75, 3.05) is 5.32 Å². The number of aromatic amines is 1. The van der Waals surface area contributed by atoms with E-state index in [1.807, 2.05) is 30.3 Å². The molecule has 0 aliphatic heterocycles. The molecule has 6 nitrogen and oxygen atoms in total. The number of fused-ring (bicyclic) bond motifs is 1. The van der Waals surface area contributed by atoms with Crippen molar-refractivity contribution < 1.29 is 0 Å². The molecule has 2 N–H and O–H groups in total. The van der Waals surface area contributed by atoms with Gasteiger partial charge in [-0.3, -0.25) is 5.10 Å². The Labute approximate surface area is 132 Å². The number of hydrogen-bond acceptors (Lipinski definition) is 5. The van der Waals surface area contributed by atoms with Crippen molar-refractivity contribution >= 4 is 16.7 Å². The molecule has 0 aliphatic rings. The molecule has 0 unspecified atom stereocenters. The monoisotopic (exact) mass is 302 g/mol. The van der Waals surface area contributed by atoms with E-state index in [9.17, 15) is 0 Å². The minimum absolute atomic E-state index is 0.485. The average Bonchev–Trinajstić information content (AvgIpc) is 3.13. The normalized spacial score (nSPS) is 10.8. The molecular weight excluding hydrogens is 288 g/mol. The lowest BCUT2D eigenvalue weighted by Gasteiger charge is -2.07. The fraction of sp³-hybridized carbons (Fsp3) is 0.0588. The molecule has 112 valence electrons. The third kappa shape index (κ3) is 2.74. The zero-order valence-electron chi connectivity index (χ0n) is 12.3. The summed E-state index contributed by atoms with van der Waals surface area (Å²) in [5.41, 5.74) is 2.73. The summed E-state index contributed by atoms with van der Waals surface area (Å²) in [6.07, 6.45) is 3.46. The first-order chi connectivity index (χ1) is 11.4. The fourth-order valence-corrected chi connectivity index (χ4v) is 2.52. The van der Waals surface area contributed by atoms with E-state index in [4.69, 9.17) is 0 Å². The summed E-state index contributed by atoms with van der Waals surface area (Å²) in [7, 11) is 0. The van der Waals surface area contributed by atoms with Gasteiger partial charge in [0.25, 0.3) is 0 Å². The molecule has 2 heterocycles. The van der Waals surface area contributed by atoms with Gasteiger partial charge in [0.15, 0.2) is 0 Å². The predicted molar refractivity (Wildman–Crippen MR) is 88.7 cm³/mol. The summed E-state index contributed by atoms with van der Waals surface area (Å²) in [5.74, 6) is 0.485. The topological polar surface area (TPSA) is 79.4 Å². The summed E-state index contributed by atoms with van der Waals surface area (Å²) in [5, 5.41) is 20.4. The van der Waals surface area contributed by atoms with Gasteiger partial charge in [0.1, 0.15) is 0 Å². The summed E-state index contributed by atoms with van der Waals surface area (Å²) >= 11 is 0. The van der Waals surface area contributed by atoms with Crippen LogP contribution in [0.1, 0.15) is 5.69 Å². The molecule has 0 radical (unpaired) electrons. The van der Waals surface area contributed by atoms with Crippen LogP contribution in [0.15, 0.2) is 60.9 Å². The van der Waals surface area contributed by atoms with Crippen LogP contribution in [0.5, 0.6) is 0 Å². The van der Waals surface area contributed by atoms with Crippen LogP contribution in [0.3, 0.4) is 0 Å². The third-order valence-corrected chi connectivity index (χ3v) is 3.61. The van der Waals surface area contributed by atoms with Gasteiger partial charge in [-0.05, 0) is 16.8 Å². The molecular formula is C17H14N6. The van der Waals surface area contributed by atoms with Crippen molar-refractivity contribution in [2.24, 2.45) is 0 Å². The number of anilines is 1. The van der Waals surface area contributed by atoms with Crippen molar-refractivity contribution in [3.05, 3.63) is 66.6 Å². The molecule has 4 aromatic rings. The van der Waals surface area contributed by atoms with Crippen LogP contribution in [0.2, 0.25) is 0 Å². The van der Waals surface area contributed by atoms with Gasteiger partial charge in [-0.15, -0.1) is 5.10 Å². The minimum atomic E-state index is 0.485. The molecule has 0 spiro atoms. The summed E-state index contributed by atoms with van der Waals surface area (Å²) in [4.78, 5) is 4.57. The first-order valence-electron chi connectivity index (χ1n) is 7.30. The minimum Gasteiger partial charge on any atom is -0.347 e. The number of nitrogens with zero attached hydrogens (tertiary/aromatic N) is 4. The van der Waals surface area contributed by atoms with Crippen molar-refractivity contribution in [1.82, 2.24) is 25.4 Å². The number of aromatic nitrogens is 5. The second-order valence-electron chi connectivity index (χ2n) is 5.11. The van der Waals surface area contributed by atoms with Gasteiger partial charge in [-0.1, -0.05) is 42.5 Å². The highest BCUT2D eigenvalue weighted by atomic mass is 15.2. The highest BCUT2D eigenvalue weighted by Gasteiger charge is 2.07. The van der Waals surface area contributed by atoms with Crippen LogP contribution in [-0.2, 0) is 6.54 Å². The molecule has 0 saturated carbocycles. The van der Waals surface area contributed by atoms with Gasteiger partial charge >= 0.3 is 0 Å². The molecule has 0 bridgehead atoms. The standard InChI is InChI=1S/C17H14N6/c1-2-6-14-12(4-1)5-3-7-15(14)16-11-20-23-17(21-16)18-10-13-8-9-19-22-13/h1-9,11H,10H2,(H,19,22)(H,18,21,23). The van der Waals surface area contributed by atoms with E-state index in [1.165, 1.54) is 5.39 Å². The van der Waals surface area contributed by atoms with Gasteiger partial charge in [0.05, 0.1) is 24.1 Å². The van der Waals surface area contributed by atoms with Crippen LogP contribution < -0.4 is 5.32 Å². The van der Waals surface area contributed by atoms with E-state index in [2.05, 4.69) is 48.9 Å². The lowest BCUT2D eigenvalue weighted by Crippen LogP contribution is -2.05. The maximum Gasteiger partial charge on any atom is 0.243 e. The maximum atomic E-state index is 4.57. The molecule has 2 aromatic heterocycles. The Morgan fingerprint density at radius 1 is 1.00 bits per heavy atom. The Hall–Kier alpha value is -3.28. The highest BCUT2D eigenvalue weighted by Crippen LogP contribution is 2.26. The summed E-state index contributed by atoms with van der Waals surface area (Å²) < 4.78 is 0. The third-order valence-electron chi connectivity index (χ3n) is 3.61. The predicted octanol–water partition coefficient (Wildman–Crippen LogP) is 3.03. The zero-order valence-corrected chi connectivity index (χ0v) is 12.3. The van der Waals surface area contributed by atoms with E-state index in [-0.39, 0.29) is 0 Å². The Balaban J connectivity index is 1.67. The van der Waals surface area contributed by atoms with Crippen molar-refractivity contribution in [2.45, 2.75) is 6.54 Å². The van der Waals surface area contributed by atoms with Gasteiger partial charge in [-0.25, -0.2) is 4.98 Å². The SMILES string of the molecule is c1ccc2c(-c3cnnc(NCc4cc[nH]n4)n3)cccc2c1. The summed E-state index contributed by atoms with van der Waals surface area (Å²) in [6, 6.07) is 16.3. The van der Waals surface area contributed by atoms with Crippen LogP contribution in [0.4, 0.5) is 5.95 Å². The number of nitrogens with one attached hydrogen (secondary N) is 2. The second kappa shape index (κ2) is 5.84. The van der Waals surface area contributed by atoms with Crippen LogP contribution in [-0.4, -0.2) is 25.4 Å². The van der Waals surface area contributed by atoms with Gasteiger partial charge in [-0.2, -0.15) is 10.2 Å². The van der Waals surface area contributed by atoms with E-state index in [1.54, 1.807) is 12.4 Å².